The SMILES string of the molecule is Cn1cc(I)c2c(NC3CCN(Cc4ccccn4)CC3)ncnc21. The van der Waals surface area contributed by atoms with E-state index < -0.39 is 0 Å². The van der Waals surface area contributed by atoms with Gasteiger partial charge >= 0.3 is 0 Å². The second-order valence-corrected chi connectivity index (χ2v) is 7.69. The first kappa shape index (κ1) is 16.7. The van der Waals surface area contributed by atoms with Crippen molar-refractivity contribution >= 4 is 39.4 Å². The summed E-state index contributed by atoms with van der Waals surface area (Å²) in [5.41, 5.74) is 2.12. The van der Waals surface area contributed by atoms with Crippen LogP contribution in [0.25, 0.3) is 11.0 Å². The van der Waals surface area contributed by atoms with E-state index in [4.69, 9.17) is 0 Å². The number of rotatable bonds is 4. The van der Waals surface area contributed by atoms with Crippen LogP contribution in [0.4, 0.5) is 5.82 Å². The molecule has 3 aromatic heterocycles. The van der Waals surface area contributed by atoms with Crippen molar-refractivity contribution in [3.63, 3.8) is 0 Å². The van der Waals surface area contributed by atoms with Gasteiger partial charge in [0, 0.05) is 48.7 Å². The zero-order valence-corrected chi connectivity index (χ0v) is 16.3. The first-order valence-electron chi connectivity index (χ1n) is 8.55. The highest BCUT2D eigenvalue weighted by Gasteiger charge is 2.21. The predicted octanol–water partition coefficient (Wildman–Crippen LogP) is 3.04. The van der Waals surface area contributed by atoms with Gasteiger partial charge in [0.2, 0.25) is 0 Å². The number of pyridine rings is 1. The van der Waals surface area contributed by atoms with Crippen LogP contribution in [0.15, 0.2) is 36.9 Å². The summed E-state index contributed by atoms with van der Waals surface area (Å²) in [6.07, 6.45) is 7.84. The predicted molar refractivity (Wildman–Crippen MR) is 107 cm³/mol. The van der Waals surface area contributed by atoms with Gasteiger partial charge in [-0.2, -0.15) is 0 Å². The number of likely N-dealkylation sites (tertiary alicyclic amines) is 1. The normalized spacial score (nSPS) is 16.4. The highest BCUT2D eigenvalue weighted by Crippen LogP contribution is 2.28. The quantitative estimate of drug-likeness (QED) is 0.622. The molecule has 0 aliphatic carbocycles. The third-order valence-electron chi connectivity index (χ3n) is 4.75. The average molecular weight is 448 g/mol. The summed E-state index contributed by atoms with van der Waals surface area (Å²) in [7, 11) is 2.03. The van der Waals surface area contributed by atoms with Gasteiger partial charge in [-0.05, 0) is 47.6 Å². The van der Waals surface area contributed by atoms with Crippen LogP contribution in [0.3, 0.4) is 0 Å². The number of nitrogens with zero attached hydrogens (tertiary/aromatic N) is 5. The van der Waals surface area contributed by atoms with Crippen LogP contribution in [0.1, 0.15) is 18.5 Å². The van der Waals surface area contributed by atoms with E-state index in [2.05, 4.69) is 70.7 Å². The molecular weight excluding hydrogens is 427 g/mol. The zero-order chi connectivity index (χ0) is 17.2. The fourth-order valence-electron chi connectivity index (χ4n) is 3.42. The smallest absolute Gasteiger partial charge is 0.146 e. The van der Waals surface area contributed by atoms with E-state index in [9.17, 15) is 0 Å². The Hall–Kier alpha value is -1.74. The third kappa shape index (κ3) is 3.62. The van der Waals surface area contributed by atoms with Gasteiger partial charge < -0.3 is 9.88 Å². The van der Waals surface area contributed by atoms with Gasteiger partial charge in [-0.3, -0.25) is 9.88 Å². The molecule has 1 fully saturated rings. The van der Waals surface area contributed by atoms with E-state index in [0.29, 0.717) is 6.04 Å². The molecule has 4 heterocycles. The van der Waals surface area contributed by atoms with E-state index in [1.165, 1.54) is 3.57 Å². The molecule has 1 saturated heterocycles. The molecule has 1 aliphatic heterocycles. The van der Waals surface area contributed by atoms with Crippen LogP contribution >= 0.6 is 22.6 Å². The maximum atomic E-state index is 4.50. The number of anilines is 1. The van der Waals surface area contributed by atoms with Gasteiger partial charge in [0.25, 0.3) is 0 Å². The van der Waals surface area contributed by atoms with Crippen molar-refractivity contribution in [1.82, 2.24) is 24.4 Å². The Bertz CT molecular complexity index is 855. The number of halogens is 1. The second-order valence-electron chi connectivity index (χ2n) is 6.52. The summed E-state index contributed by atoms with van der Waals surface area (Å²) in [4.78, 5) is 15.8. The lowest BCUT2D eigenvalue weighted by atomic mass is 10.0. The molecule has 25 heavy (non-hydrogen) atoms. The number of hydrogen-bond acceptors (Lipinski definition) is 5. The first-order valence-corrected chi connectivity index (χ1v) is 9.63. The summed E-state index contributed by atoms with van der Waals surface area (Å²) in [5.74, 6) is 0.957. The molecule has 0 bridgehead atoms. The molecule has 1 aliphatic rings. The number of fused-ring (bicyclic) bond motifs is 1. The van der Waals surface area contributed by atoms with Gasteiger partial charge in [-0.1, -0.05) is 6.07 Å². The number of hydrogen-bond donors (Lipinski definition) is 1. The maximum Gasteiger partial charge on any atom is 0.146 e. The molecule has 0 aromatic carbocycles. The molecule has 0 amide bonds. The number of piperidine rings is 1. The van der Waals surface area contributed by atoms with E-state index in [1.54, 1.807) is 6.33 Å². The summed E-state index contributed by atoms with van der Waals surface area (Å²) in [6, 6.07) is 6.57. The molecular formula is C18H21IN6. The van der Waals surface area contributed by atoms with Crippen LogP contribution in [0.2, 0.25) is 0 Å². The Kier molecular flexibility index (Phi) is 4.85. The van der Waals surface area contributed by atoms with E-state index in [1.807, 2.05) is 19.3 Å². The minimum atomic E-state index is 0.453. The van der Waals surface area contributed by atoms with Gasteiger partial charge in [0.1, 0.15) is 17.8 Å². The fraction of sp³-hybridized carbons (Fsp3) is 0.389. The zero-order valence-electron chi connectivity index (χ0n) is 14.2. The summed E-state index contributed by atoms with van der Waals surface area (Å²) in [6.45, 7) is 3.09. The molecule has 130 valence electrons. The lowest BCUT2D eigenvalue weighted by Gasteiger charge is -2.32. The topological polar surface area (TPSA) is 58.9 Å². The van der Waals surface area contributed by atoms with E-state index in [0.717, 1.165) is 55.0 Å². The van der Waals surface area contributed by atoms with Crippen molar-refractivity contribution in [2.75, 3.05) is 18.4 Å². The molecule has 1 N–H and O–H groups in total. The van der Waals surface area contributed by atoms with Crippen molar-refractivity contribution < 1.29 is 0 Å². The molecule has 3 aromatic rings. The number of aromatic nitrogens is 4. The maximum absolute atomic E-state index is 4.50. The largest absolute Gasteiger partial charge is 0.367 e. The van der Waals surface area contributed by atoms with Crippen molar-refractivity contribution in [3.8, 4) is 0 Å². The number of aryl methyl sites for hydroxylation is 1. The van der Waals surface area contributed by atoms with Gasteiger partial charge in [0.05, 0.1) is 11.1 Å². The second kappa shape index (κ2) is 7.25. The highest BCUT2D eigenvalue weighted by atomic mass is 127. The lowest BCUT2D eigenvalue weighted by molar-refractivity contribution is 0.209. The standard InChI is InChI=1S/C18H21IN6/c1-24-11-15(19)16-17(21-12-22-18(16)24)23-13-5-8-25(9-6-13)10-14-4-2-3-7-20-14/h2-4,7,11-13H,5-6,8-10H2,1H3,(H,21,22,23). The van der Waals surface area contributed by atoms with Crippen LogP contribution in [-0.4, -0.2) is 43.6 Å². The first-order chi connectivity index (χ1) is 12.2. The molecule has 0 radical (unpaired) electrons. The highest BCUT2D eigenvalue weighted by molar-refractivity contribution is 14.1. The van der Waals surface area contributed by atoms with Gasteiger partial charge in [-0.25, -0.2) is 9.97 Å². The molecule has 0 spiro atoms. The third-order valence-corrected chi connectivity index (χ3v) is 5.57. The minimum Gasteiger partial charge on any atom is -0.367 e. The van der Waals surface area contributed by atoms with Crippen LogP contribution < -0.4 is 5.32 Å². The summed E-state index contributed by atoms with van der Waals surface area (Å²) in [5, 5.41) is 4.78. The fourth-order valence-corrected chi connectivity index (χ4v) is 4.33. The van der Waals surface area contributed by atoms with Crippen LogP contribution in [0, 0.1) is 3.57 Å². The Balaban J connectivity index is 1.41. The lowest BCUT2D eigenvalue weighted by Crippen LogP contribution is -2.39. The van der Waals surface area contributed by atoms with E-state index in [-0.39, 0.29) is 0 Å². The molecule has 0 atom stereocenters. The number of nitrogens with one attached hydrogen (secondary N) is 1. The molecule has 6 nitrogen and oxygen atoms in total. The Labute approximate surface area is 160 Å². The molecule has 0 unspecified atom stereocenters. The van der Waals surface area contributed by atoms with Crippen LogP contribution in [0.5, 0.6) is 0 Å². The van der Waals surface area contributed by atoms with Crippen LogP contribution in [-0.2, 0) is 13.6 Å². The van der Waals surface area contributed by atoms with Gasteiger partial charge in [0.15, 0.2) is 0 Å². The molecule has 4 rings (SSSR count). The van der Waals surface area contributed by atoms with Crippen molar-refractivity contribution in [1.29, 1.82) is 0 Å². The van der Waals surface area contributed by atoms with Crippen molar-refractivity contribution in [2.24, 2.45) is 7.05 Å². The average Bonchev–Trinajstić information content (AvgIpc) is 2.93. The van der Waals surface area contributed by atoms with E-state index >= 15 is 0 Å². The summed E-state index contributed by atoms with van der Waals surface area (Å²) >= 11 is 2.36. The molecule has 7 heteroatoms. The Morgan fingerprint density at radius 3 is 2.80 bits per heavy atom. The minimum absolute atomic E-state index is 0.453. The van der Waals surface area contributed by atoms with Crippen molar-refractivity contribution in [2.45, 2.75) is 25.4 Å². The summed E-state index contributed by atoms with van der Waals surface area (Å²) < 4.78 is 3.24. The van der Waals surface area contributed by atoms with Gasteiger partial charge in [-0.15, -0.1) is 0 Å². The van der Waals surface area contributed by atoms with Crippen molar-refractivity contribution in [3.05, 3.63) is 46.2 Å². The monoisotopic (exact) mass is 448 g/mol. The Morgan fingerprint density at radius 2 is 2.04 bits per heavy atom. The molecule has 0 saturated carbocycles. The Morgan fingerprint density at radius 1 is 1.20 bits per heavy atom.